The van der Waals surface area contributed by atoms with E-state index in [-0.39, 0.29) is 17.6 Å². The van der Waals surface area contributed by atoms with Gasteiger partial charge >= 0.3 is 0 Å². The molecule has 1 aliphatic heterocycles. The number of carbonyl (C=O) groups is 1. The summed E-state index contributed by atoms with van der Waals surface area (Å²) in [6.07, 6.45) is 2.49. The Bertz CT molecular complexity index is 915. The first-order chi connectivity index (χ1) is 14.0. The summed E-state index contributed by atoms with van der Waals surface area (Å²) in [6.45, 7) is 3.72. The SMILES string of the molecule is CCCS(=O)(=O)Nc1cccc(C(=O)N2CCCC(COc3ccccc3)C2)c1. The zero-order valence-electron chi connectivity index (χ0n) is 16.7. The summed E-state index contributed by atoms with van der Waals surface area (Å²) in [5.74, 6) is 1.09. The number of para-hydroxylation sites is 1. The van der Waals surface area contributed by atoms with Gasteiger partial charge in [-0.05, 0) is 49.6 Å². The van der Waals surface area contributed by atoms with Crippen molar-refractivity contribution in [3.8, 4) is 5.75 Å². The van der Waals surface area contributed by atoms with E-state index in [2.05, 4.69) is 4.72 Å². The van der Waals surface area contributed by atoms with E-state index < -0.39 is 10.0 Å². The maximum Gasteiger partial charge on any atom is 0.253 e. The van der Waals surface area contributed by atoms with Crippen molar-refractivity contribution in [1.29, 1.82) is 0 Å². The van der Waals surface area contributed by atoms with Gasteiger partial charge in [0.15, 0.2) is 0 Å². The molecule has 0 radical (unpaired) electrons. The Morgan fingerprint density at radius 1 is 1.17 bits per heavy atom. The molecule has 6 nitrogen and oxygen atoms in total. The topological polar surface area (TPSA) is 75.7 Å². The van der Waals surface area contributed by atoms with Gasteiger partial charge in [-0.15, -0.1) is 0 Å². The highest BCUT2D eigenvalue weighted by Gasteiger charge is 2.25. The van der Waals surface area contributed by atoms with Gasteiger partial charge in [-0.25, -0.2) is 8.42 Å². The highest BCUT2D eigenvalue weighted by molar-refractivity contribution is 7.92. The summed E-state index contributed by atoms with van der Waals surface area (Å²) in [4.78, 5) is 14.8. The number of ether oxygens (including phenoxy) is 1. The largest absolute Gasteiger partial charge is 0.493 e. The van der Waals surface area contributed by atoms with E-state index in [0.717, 1.165) is 18.6 Å². The highest BCUT2D eigenvalue weighted by atomic mass is 32.2. The lowest BCUT2D eigenvalue weighted by atomic mass is 9.98. The van der Waals surface area contributed by atoms with Crippen LogP contribution in [0.25, 0.3) is 0 Å². The van der Waals surface area contributed by atoms with Crippen LogP contribution in [0.5, 0.6) is 5.75 Å². The Morgan fingerprint density at radius 2 is 1.97 bits per heavy atom. The molecule has 156 valence electrons. The second-order valence-electron chi connectivity index (χ2n) is 7.39. The van der Waals surface area contributed by atoms with E-state index in [1.165, 1.54) is 0 Å². The van der Waals surface area contributed by atoms with Crippen LogP contribution in [0, 0.1) is 5.92 Å². The summed E-state index contributed by atoms with van der Waals surface area (Å²) in [7, 11) is -3.39. The minimum absolute atomic E-state index is 0.0559. The molecule has 1 aliphatic rings. The maximum atomic E-state index is 13.0. The molecule has 0 bridgehead atoms. The molecule has 2 aromatic rings. The number of nitrogens with one attached hydrogen (secondary N) is 1. The van der Waals surface area contributed by atoms with Gasteiger partial charge in [0.05, 0.1) is 12.4 Å². The van der Waals surface area contributed by atoms with Gasteiger partial charge < -0.3 is 9.64 Å². The van der Waals surface area contributed by atoms with Crippen molar-refractivity contribution < 1.29 is 17.9 Å². The Morgan fingerprint density at radius 3 is 2.72 bits per heavy atom. The predicted octanol–water partition coefficient (Wildman–Crippen LogP) is 3.77. The van der Waals surface area contributed by atoms with Gasteiger partial charge in [0, 0.05) is 30.3 Å². The van der Waals surface area contributed by atoms with E-state index in [1.54, 1.807) is 24.3 Å². The lowest BCUT2D eigenvalue weighted by Gasteiger charge is -2.32. The van der Waals surface area contributed by atoms with Crippen molar-refractivity contribution in [1.82, 2.24) is 4.90 Å². The van der Waals surface area contributed by atoms with Crippen LogP contribution in [0.3, 0.4) is 0 Å². The van der Waals surface area contributed by atoms with E-state index in [0.29, 0.717) is 37.4 Å². The molecule has 3 rings (SSSR count). The zero-order valence-corrected chi connectivity index (χ0v) is 17.5. The number of sulfonamides is 1. The van der Waals surface area contributed by atoms with Gasteiger partial charge in [-0.3, -0.25) is 9.52 Å². The highest BCUT2D eigenvalue weighted by Crippen LogP contribution is 2.22. The molecule has 1 unspecified atom stereocenters. The molecule has 2 aromatic carbocycles. The fraction of sp³-hybridized carbons (Fsp3) is 0.409. The van der Waals surface area contributed by atoms with Crippen molar-refractivity contribution in [2.75, 3.05) is 30.2 Å². The van der Waals surface area contributed by atoms with E-state index in [1.807, 2.05) is 42.2 Å². The van der Waals surface area contributed by atoms with Crippen LogP contribution in [0.4, 0.5) is 5.69 Å². The molecule has 1 fully saturated rings. The van der Waals surface area contributed by atoms with Crippen LogP contribution in [0.2, 0.25) is 0 Å². The number of benzene rings is 2. The summed E-state index contributed by atoms with van der Waals surface area (Å²) in [5.41, 5.74) is 0.914. The Labute approximate surface area is 172 Å². The smallest absolute Gasteiger partial charge is 0.253 e. The minimum Gasteiger partial charge on any atom is -0.493 e. The van der Waals surface area contributed by atoms with Crippen LogP contribution in [-0.4, -0.2) is 44.7 Å². The number of hydrogen-bond donors (Lipinski definition) is 1. The third-order valence-electron chi connectivity index (χ3n) is 4.89. The van der Waals surface area contributed by atoms with Crippen LogP contribution < -0.4 is 9.46 Å². The van der Waals surface area contributed by atoms with Gasteiger partial charge in [-0.1, -0.05) is 31.2 Å². The van der Waals surface area contributed by atoms with Gasteiger partial charge in [0.25, 0.3) is 5.91 Å². The maximum absolute atomic E-state index is 13.0. The third-order valence-corrected chi connectivity index (χ3v) is 6.38. The number of piperidine rings is 1. The first-order valence-electron chi connectivity index (χ1n) is 10.0. The van der Waals surface area contributed by atoms with Crippen LogP contribution in [0.15, 0.2) is 54.6 Å². The molecule has 1 saturated heterocycles. The second kappa shape index (κ2) is 9.78. The van der Waals surface area contributed by atoms with Crippen LogP contribution in [0.1, 0.15) is 36.5 Å². The standard InChI is InChI=1S/C22H28N2O4S/c1-2-14-29(26,27)23-20-10-6-9-19(15-20)22(25)24-13-7-8-18(16-24)17-28-21-11-4-3-5-12-21/h3-6,9-12,15,18,23H,2,7-8,13-14,16-17H2,1H3. The van der Waals surface area contributed by atoms with E-state index in [9.17, 15) is 13.2 Å². The summed E-state index contributed by atoms with van der Waals surface area (Å²) >= 11 is 0. The third kappa shape index (κ3) is 6.22. The van der Waals surface area contributed by atoms with Gasteiger partial charge in [0.2, 0.25) is 10.0 Å². The number of hydrogen-bond acceptors (Lipinski definition) is 4. The number of anilines is 1. The van der Waals surface area contributed by atoms with Crippen LogP contribution in [-0.2, 0) is 10.0 Å². The normalized spacial score (nSPS) is 17.0. The lowest BCUT2D eigenvalue weighted by molar-refractivity contribution is 0.0633. The number of amides is 1. The molecule has 29 heavy (non-hydrogen) atoms. The van der Waals surface area contributed by atoms with Crippen molar-refractivity contribution >= 4 is 21.6 Å². The number of rotatable bonds is 8. The average Bonchev–Trinajstić information content (AvgIpc) is 2.72. The van der Waals surface area contributed by atoms with Crippen molar-refractivity contribution in [3.05, 3.63) is 60.2 Å². The number of likely N-dealkylation sites (tertiary alicyclic amines) is 1. The van der Waals surface area contributed by atoms with E-state index in [4.69, 9.17) is 4.74 Å². The molecule has 1 amide bonds. The first kappa shape index (κ1) is 21.2. The summed E-state index contributed by atoms with van der Waals surface area (Å²) in [5, 5.41) is 0. The van der Waals surface area contributed by atoms with E-state index >= 15 is 0 Å². The fourth-order valence-electron chi connectivity index (χ4n) is 3.51. The lowest BCUT2D eigenvalue weighted by Crippen LogP contribution is -2.41. The molecule has 0 aromatic heterocycles. The monoisotopic (exact) mass is 416 g/mol. The molecule has 0 saturated carbocycles. The molecule has 7 heteroatoms. The Hall–Kier alpha value is -2.54. The van der Waals surface area contributed by atoms with Crippen molar-refractivity contribution in [2.45, 2.75) is 26.2 Å². The predicted molar refractivity (Wildman–Crippen MR) is 115 cm³/mol. The number of nitrogens with zero attached hydrogens (tertiary/aromatic N) is 1. The molecule has 1 N–H and O–H groups in total. The molecular formula is C22H28N2O4S. The summed E-state index contributed by atoms with van der Waals surface area (Å²) in [6, 6.07) is 16.4. The second-order valence-corrected chi connectivity index (χ2v) is 9.23. The van der Waals surface area contributed by atoms with Crippen LogP contribution >= 0.6 is 0 Å². The average molecular weight is 417 g/mol. The number of carbonyl (C=O) groups excluding carboxylic acids is 1. The van der Waals surface area contributed by atoms with Crippen molar-refractivity contribution in [2.24, 2.45) is 5.92 Å². The van der Waals surface area contributed by atoms with Gasteiger partial charge in [-0.2, -0.15) is 0 Å². The molecular weight excluding hydrogens is 388 g/mol. The van der Waals surface area contributed by atoms with Crippen molar-refractivity contribution in [3.63, 3.8) is 0 Å². The Kier molecular flexibility index (Phi) is 7.14. The first-order valence-corrected chi connectivity index (χ1v) is 11.7. The van der Waals surface area contributed by atoms with Gasteiger partial charge in [0.1, 0.15) is 5.75 Å². The molecule has 1 heterocycles. The zero-order chi connectivity index (χ0) is 20.7. The Balaban J connectivity index is 1.61. The fourth-order valence-corrected chi connectivity index (χ4v) is 4.64. The summed E-state index contributed by atoms with van der Waals surface area (Å²) < 4.78 is 32.4. The minimum atomic E-state index is -3.39. The molecule has 1 atom stereocenters. The molecule has 0 aliphatic carbocycles. The quantitative estimate of drug-likeness (QED) is 0.711. The molecule has 0 spiro atoms.